The second-order valence-corrected chi connectivity index (χ2v) is 5.31. The Labute approximate surface area is 141 Å². The van der Waals surface area contributed by atoms with Crippen LogP contribution in [0.15, 0.2) is 36.4 Å². The number of anilines is 1. The number of hydrogen-bond donors (Lipinski definition) is 3. The van der Waals surface area contributed by atoms with Gasteiger partial charge >= 0.3 is 6.03 Å². The predicted octanol–water partition coefficient (Wildman–Crippen LogP) is 3.22. The molecule has 0 saturated carbocycles. The van der Waals surface area contributed by atoms with E-state index in [4.69, 9.17) is 5.26 Å². The van der Waals surface area contributed by atoms with Crippen molar-refractivity contribution in [1.29, 1.82) is 5.26 Å². The van der Waals surface area contributed by atoms with Crippen molar-refractivity contribution in [1.82, 2.24) is 5.32 Å². The van der Waals surface area contributed by atoms with Gasteiger partial charge in [-0.1, -0.05) is 6.07 Å². The number of carbonyl (C=O) groups excluding carboxylic acids is 1. The fraction of sp³-hybridized carbons (Fsp3) is 0.176. The Bertz CT molecular complexity index is 836. The summed E-state index contributed by atoms with van der Waals surface area (Å²) in [6.07, 6.45) is -1.27. The van der Waals surface area contributed by atoms with Gasteiger partial charge in [0, 0.05) is 5.69 Å². The number of rotatable bonds is 4. The first kappa shape index (κ1) is 18.3. The number of hydrogen-bond acceptors (Lipinski definition) is 3. The number of nitriles is 1. The van der Waals surface area contributed by atoms with Crippen molar-refractivity contribution >= 4 is 11.7 Å². The minimum atomic E-state index is -1.27. The van der Waals surface area contributed by atoms with Crippen LogP contribution in [0.4, 0.5) is 23.7 Å². The molecule has 0 aliphatic rings. The van der Waals surface area contributed by atoms with Crippen LogP contribution in [0.3, 0.4) is 0 Å². The smallest absolute Gasteiger partial charge is 0.319 e. The van der Waals surface area contributed by atoms with Gasteiger partial charge in [0.25, 0.3) is 0 Å². The van der Waals surface area contributed by atoms with E-state index in [0.29, 0.717) is 0 Å². The van der Waals surface area contributed by atoms with Crippen molar-refractivity contribution in [2.24, 2.45) is 0 Å². The number of carbonyl (C=O) groups is 1. The van der Waals surface area contributed by atoms with E-state index >= 15 is 0 Å². The number of aliphatic hydroxyl groups is 1. The van der Waals surface area contributed by atoms with Gasteiger partial charge in [0.15, 0.2) is 11.6 Å². The molecule has 0 fully saturated rings. The van der Waals surface area contributed by atoms with Gasteiger partial charge in [-0.25, -0.2) is 18.0 Å². The molecule has 0 aliphatic heterocycles. The molecular formula is C17H14F3N3O2. The molecular weight excluding hydrogens is 335 g/mol. The van der Waals surface area contributed by atoms with Gasteiger partial charge in [0.1, 0.15) is 11.9 Å². The standard InChI is InChI=1S/C17H14F3N3O2/c1-9(16(24)10-2-4-14(19)15(20)7-10)22-17(25)23-12-3-5-13(18)11(6-12)8-21/h2-7,9,16,24H,1H3,(H2,22,23,25). The molecule has 130 valence electrons. The number of urea groups is 1. The Morgan fingerprint density at radius 2 is 1.80 bits per heavy atom. The lowest BCUT2D eigenvalue weighted by atomic mass is 10.0. The lowest BCUT2D eigenvalue weighted by molar-refractivity contribution is 0.138. The van der Waals surface area contributed by atoms with Crippen molar-refractivity contribution in [2.75, 3.05) is 5.32 Å². The summed E-state index contributed by atoms with van der Waals surface area (Å²) in [5.74, 6) is -2.86. The highest BCUT2D eigenvalue weighted by atomic mass is 19.2. The van der Waals surface area contributed by atoms with Crippen LogP contribution < -0.4 is 10.6 Å². The number of aliphatic hydroxyl groups excluding tert-OH is 1. The van der Waals surface area contributed by atoms with Gasteiger partial charge in [0.05, 0.1) is 17.7 Å². The van der Waals surface area contributed by atoms with Crippen LogP contribution in [0.1, 0.15) is 24.2 Å². The van der Waals surface area contributed by atoms with E-state index in [0.717, 1.165) is 24.3 Å². The zero-order valence-electron chi connectivity index (χ0n) is 13.1. The molecule has 2 aromatic carbocycles. The molecule has 3 N–H and O–H groups in total. The highest BCUT2D eigenvalue weighted by molar-refractivity contribution is 5.89. The number of nitrogens with zero attached hydrogens (tertiary/aromatic N) is 1. The minimum absolute atomic E-state index is 0.0975. The first-order valence-corrected chi connectivity index (χ1v) is 7.22. The van der Waals surface area contributed by atoms with E-state index in [9.17, 15) is 23.1 Å². The summed E-state index contributed by atoms with van der Waals surface area (Å²) in [6, 6.07) is 6.49. The number of amides is 2. The third kappa shape index (κ3) is 4.49. The lowest BCUT2D eigenvalue weighted by Crippen LogP contribution is -2.39. The maximum absolute atomic E-state index is 13.2. The van der Waals surface area contributed by atoms with E-state index in [-0.39, 0.29) is 16.8 Å². The zero-order valence-corrected chi connectivity index (χ0v) is 13.1. The van der Waals surface area contributed by atoms with Crippen LogP contribution in [0.5, 0.6) is 0 Å². The summed E-state index contributed by atoms with van der Waals surface area (Å²) < 4.78 is 39.4. The van der Waals surface area contributed by atoms with Crippen molar-refractivity contribution in [3.05, 3.63) is 65.0 Å². The molecule has 8 heteroatoms. The summed E-state index contributed by atoms with van der Waals surface area (Å²) in [5, 5.41) is 23.7. The molecule has 2 rings (SSSR count). The molecule has 0 saturated heterocycles. The Kier molecular flexibility index (Phi) is 5.62. The van der Waals surface area contributed by atoms with E-state index in [1.165, 1.54) is 19.1 Å². The molecule has 0 heterocycles. The monoisotopic (exact) mass is 349 g/mol. The largest absolute Gasteiger partial charge is 0.386 e. The van der Waals surface area contributed by atoms with Crippen LogP contribution >= 0.6 is 0 Å². The van der Waals surface area contributed by atoms with Crippen molar-refractivity contribution in [3.8, 4) is 6.07 Å². The molecule has 25 heavy (non-hydrogen) atoms. The summed E-state index contributed by atoms with van der Waals surface area (Å²) >= 11 is 0. The fourth-order valence-corrected chi connectivity index (χ4v) is 2.13. The first-order valence-electron chi connectivity index (χ1n) is 7.22. The van der Waals surface area contributed by atoms with E-state index in [2.05, 4.69) is 10.6 Å². The average molecular weight is 349 g/mol. The maximum Gasteiger partial charge on any atom is 0.319 e. The molecule has 2 aromatic rings. The van der Waals surface area contributed by atoms with Gasteiger partial charge < -0.3 is 15.7 Å². The molecule has 0 bridgehead atoms. The van der Waals surface area contributed by atoms with Gasteiger partial charge in [-0.2, -0.15) is 5.26 Å². The molecule has 2 amide bonds. The summed E-state index contributed by atoms with van der Waals surface area (Å²) in [5.41, 5.74) is 0.0536. The second-order valence-electron chi connectivity index (χ2n) is 5.31. The van der Waals surface area contributed by atoms with E-state index in [1.54, 1.807) is 6.07 Å². The Morgan fingerprint density at radius 1 is 1.12 bits per heavy atom. The second kappa shape index (κ2) is 7.68. The number of nitrogens with one attached hydrogen (secondary N) is 2. The zero-order chi connectivity index (χ0) is 18.6. The Morgan fingerprint density at radius 3 is 2.44 bits per heavy atom. The molecule has 0 aromatic heterocycles. The molecule has 0 aliphatic carbocycles. The maximum atomic E-state index is 13.2. The predicted molar refractivity (Wildman–Crippen MR) is 84.0 cm³/mol. The molecule has 2 unspecified atom stereocenters. The van der Waals surface area contributed by atoms with E-state index < -0.39 is 35.6 Å². The number of halogens is 3. The Balaban J connectivity index is 2.02. The van der Waals surface area contributed by atoms with Crippen LogP contribution in [0.2, 0.25) is 0 Å². The molecule has 0 spiro atoms. The van der Waals surface area contributed by atoms with Crippen LogP contribution in [0, 0.1) is 28.8 Å². The van der Waals surface area contributed by atoms with Crippen molar-refractivity contribution in [3.63, 3.8) is 0 Å². The summed E-state index contributed by atoms with van der Waals surface area (Å²) in [4.78, 5) is 11.9. The van der Waals surface area contributed by atoms with Crippen LogP contribution in [0.25, 0.3) is 0 Å². The van der Waals surface area contributed by atoms with Crippen molar-refractivity contribution < 1.29 is 23.1 Å². The minimum Gasteiger partial charge on any atom is -0.386 e. The fourth-order valence-electron chi connectivity index (χ4n) is 2.13. The lowest BCUT2D eigenvalue weighted by Gasteiger charge is -2.21. The molecule has 5 nitrogen and oxygen atoms in total. The average Bonchev–Trinajstić information content (AvgIpc) is 2.58. The summed E-state index contributed by atoms with van der Waals surface area (Å²) in [6.45, 7) is 1.47. The molecule has 0 radical (unpaired) electrons. The van der Waals surface area contributed by atoms with E-state index in [1.807, 2.05) is 0 Å². The quantitative estimate of drug-likeness (QED) is 0.792. The van der Waals surface area contributed by atoms with Gasteiger partial charge in [-0.3, -0.25) is 0 Å². The highest BCUT2D eigenvalue weighted by Gasteiger charge is 2.20. The number of benzene rings is 2. The van der Waals surface area contributed by atoms with Crippen molar-refractivity contribution in [2.45, 2.75) is 19.1 Å². The van der Waals surface area contributed by atoms with Crippen LogP contribution in [-0.2, 0) is 0 Å². The van der Waals surface area contributed by atoms with Crippen LogP contribution in [-0.4, -0.2) is 17.2 Å². The third-order valence-corrected chi connectivity index (χ3v) is 3.46. The third-order valence-electron chi connectivity index (χ3n) is 3.46. The SMILES string of the molecule is CC(NC(=O)Nc1ccc(F)c(C#N)c1)C(O)c1ccc(F)c(F)c1. The topological polar surface area (TPSA) is 85.2 Å². The highest BCUT2D eigenvalue weighted by Crippen LogP contribution is 2.20. The van der Waals surface area contributed by atoms with Gasteiger partial charge in [-0.15, -0.1) is 0 Å². The Hall–Kier alpha value is -3.05. The van der Waals surface area contributed by atoms with Gasteiger partial charge in [0.2, 0.25) is 0 Å². The first-order chi connectivity index (χ1) is 11.8. The summed E-state index contributed by atoms with van der Waals surface area (Å²) in [7, 11) is 0. The van der Waals surface area contributed by atoms with Gasteiger partial charge in [-0.05, 0) is 42.8 Å². The normalized spacial score (nSPS) is 12.8. The molecule has 2 atom stereocenters.